The summed E-state index contributed by atoms with van der Waals surface area (Å²) >= 11 is 0. The lowest BCUT2D eigenvalue weighted by atomic mass is 10.1. The minimum Gasteiger partial charge on any atom is -0.493 e. The molecule has 0 fully saturated rings. The molecule has 0 aliphatic carbocycles. The number of benzene rings is 1. The molecular formula is C11H9F3O2. The fourth-order valence-electron chi connectivity index (χ4n) is 1.63. The number of alkyl halides is 3. The molecule has 2 rings (SSSR count). The number of methoxy groups -OCH3 is 1. The van der Waals surface area contributed by atoms with Crippen LogP contribution in [-0.4, -0.2) is 7.11 Å². The van der Waals surface area contributed by atoms with E-state index in [1.807, 2.05) is 0 Å². The summed E-state index contributed by atoms with van der Waals surface area (Å²) in [5.74, 6) is 0.723. The first-order valence-corrected chi connectivity index (χ1v) is 4.58. The molecule has 5 heteroatoms. The van der Waals surface area contributed by atoms with Crippen LogP contribution >= 0.6 is 0 Å². The summed E-state index contributed by atoms with van der Waals surface area (Å²) in [5.41, 5.74) is -0.574. The molecule has 1 heterocycles. The van der Waals surface area contributed by atoms with Gasteiger partial charge in [-0.05, 0) is 25.1 Å². The molecule has 2 nitrogen and oxygen atoms in total. The molecular weight excluding hydrogens is 221 g/mol. The number of halogens is 3. The highest BCUT2D eigenvalue weighted by atomic mass is 19.4. The van der Waals surface area contributed by atoms with Crippen molar-refractivity contribution < 1.29 is 22.3 Å². The molecule has 0 saturated heterocycles. The first kappa shape index (κ1) is 10.9. The van der Waals surface area contributed by atoms with Crippen molar-refractivity contribution in [3.8, 4) is 5.75 Å². The lowest BCUT2D eigenvalue weighted by Crippen LogP contribution is -2.05. The first-order chi connectivity index (χ1) is 7.43. The quantitative estimate of drug-likeness (QED) is 0.744. The average molecular weight is 230 g/mol. The number of rotatable bonds is 1. The van der Waals surface area contributed by atoms with Crippen LogP contribution in [0.3, 0.4) is 0 Å². The predicted octanol–water partition coefficient (Wildman–Crippen LogP) is 3.77. The number of hydrogen-bond donors (Lipinski definition) is 0. The minimum absolute atomic E-state index is 0.0318. The SMILES string of the molecule is COc1ccc(C(F)(F)F)c2cc(C)oc12. The molecule has 0 spiro atoms. The number of furan rings is 1. The third kappa shape index (κ3) is 1.62. The van der Waals surface area contributed by atoms with Gasteiger partial charge in [-0.3, -0.25) is 0 Å². The van der Waals surface area contributed by atoms with Crippen LogP contribution in [0.4, 0.5) is 13.2 Å². The van der Waals surface area contributed by atoms with Gasteiger partial charge in [-0.15, -0.1) is 0 Å². The van der Waals surface area contributed by atoms with Crippen LogP contribution in [0.2, 0.25) is 0 Å². The zero-order valence-corrected chi connectivity index (χ0v) is 8.68. The molecule has 86 valence electrons. The Kier molecular flexibility index (Phi) is 2.33. The van der Waals surface area contributed by atoms with Crippen molar-refractivity contribution in [2.24, 2.45) is 0 Å². The highest BCUT2D eigenvalue weighted by Crippen LogP contribution is 2.39. The van der Waals surface area contributed by atoms with Gasteiger partial charge in [-0.1, -0.05) is 0 Å². The molecule has 0 radical (unpaired) electrons. The van der Waals surface area contributed by atoms with E-state index in [0.717, 1.165) is 6.07 Å². The standard InChI is InChI=1S/C11H9F3O2/c1-6-5-7-8(11(12,13)14)3-4-9(15-2)10(7)16-6/h3-5H,1-2H3. The van der Waals surface area contributed by atoms with E-state index in [9.17, 15) is 13.2 Å². The average Bonchev–Trinajstić information content (AvgIpc) is 2.55. The van der Waals surface area contributed by atoms with Gasteiger partial charge in [0.2, 0.25) is 0 Å². The van der Waals surface area contributed by atoms with Gasteiger partial charge in [0.25, 0.3) is 0 Å². The van der Waals surface area contributed by atoms with Gasteiger partial charge in [-0.2, -0.15) is 13.2 Å². The van der Waals surface area contributed by atoms with Crippen molar-refractivity contribution >= 4 is 11.0 Å². The maximum Gasteiger partial charge on any atom is 0.417 e. The van der Waals surface area contributed by atoms with E-state index in [0.29, 0.717) is 11.5 Å². The van der Waals surface area contributed by atoms with Crippen molar-refractivity contribution in [1.29, 1.82) is 0 Å². The fraction of sp³-hybridized carbons (Fsp3) is 0.273. The van der Waals surface area contributed by atoms with E-state index < -0.39 is 11.7 Å². The van der Waals surface area contributed by atoms with E-state index >= 15 is 0 Å². The van der Waals surface area contributed by atoms with Crippen molar-refractivity contribution in [1.82, 2.24) is 0 Å². The Bertz CT molecular complexity index is 526. The Hall–Kier alpha value is -1.65. The van der Waals surface area contributed by atoms with Gasteiger partial charge in [0.15, 0.2) is 11.3 Å². The molecule has 2 aromatic rings. The smallest absolute Gasteiger partial charge is 0.417 e. The summed E-state index contributed by atoms with van der Waals surface area (Å²) in [6.07, 6.45) is -4.39. The molecule has 0 atom stereocenters. The normalized spacial score (nSPS) is 12.1. The van der Waals surface area contributed by atoms with Crippen molar-refractivity contribution in [2.75, 3.05) is 7.11 Å². The van der Waals surface area contributed by atoms with Crippen molar-refractivity contribution in [2.45, 2.75) is 13.1 Å². The van der Waals surface area contributed by atoms with Crippen molar-refractivity contribution in [3.63, 3.8) is 0 Å². The summed E-state index contributed by atoms with van der Waals surface area (Å²) in [5, 5.41) is 0.0318. The molecule has 0 bridgehead atoms. The van der Waals surface area contributed by atoms with Crippen LogP contribution in [0.25, 0.3) is 11.0 Å². The fourth-order valence-corrected chi connectivity index (χ4v) is 1.63. The van der Waals surface area contributed by atoms with Crippen LogP contribution in [0.5, 0.6) is 5.75 Å². The monoisotopic (exact) mass is 230 g/mol. The van der Waals surface area contributed by atoms with E-state index in [1.54, 1.807) is 6.92 Å². The lowest BCUT2D eigenvalue weighted by molar-refractivity contribution is -0.136. The Morgan fingerprint density at radius 1 is 1.25 bits per heavy atom. The zero-order valence-electron chi connectivity index (χ0n) is 8.68. The molecule has 1 aromatic carbocycles. The summed E-state index contributed by atoms with van der Waals surface area (Å²) < 4.78 is 48.2. The van der Waals surface area contributed by atoms with Gasteiger partial charge >= 0.3 is 6.18 Å². The van der Waals surface area contributed by atoms with Crippen LogP contribution < -0.4 is 4.74 Å². The molecule has 0 amide bonds. The predicted molar refractivity (Wildman–Crippen MR) is 52.5 cm³/mol. The maximum atomic E-state index is 12.7. The molecule has 0 unspecified atom stereocenters. The van der Waals surface area contributed by atoms with Crippen molar-refractivity contribution in [3.05, 3.63) is 29.5 Å². The van der Waals surface area contributed by atoms with Crippen LogP contribution in [0.1, 0.15) is 11.3 Å². The zero-order chi connectivity index (χ0) is 11.9. The molecule has 1 aromatic heterocycles. The third-order valence-electron chi connectivity index (χ3n) is 2.30. The number of hydrogen-bond acceptors (Lipinski definition) is 2. The second kappa shape index (κ2) is 3.43. The lowest BCUT2D eigenvalue weighted by Gasteiger charge is -2.08. The van der Waals surface area contributed by atoms with Gasteiger partial charge < -0.3 is 9.15 Å². The molecule has 16 heavy (non-hydrogen) atoms. The number of aryl methyl sites for hydroxylation is 1. The number of fused-ring (bicyclic) bond motifs is 1. The highest BCUT2D eigenvalue weighted by Gasteiger charge is 2.34. The Morgan fingerprint density at radius 3 is 2.50 bits per heavy atom. The van der Waals surface area contributed by atoms with Crippen LogP contribution in [0.15, 0.2) is 22.6 Å². The maximum absolute atomic E-state index is 12.7. The summed E-state index contributed by atoms with van der Waals surface area (Å²) in [6, 6.07) is 3.62. The van der Waals surface area contributed by atoms with E-state index in [4.69, 9.17) is 9.15 Å². The van der Waals surface area contributed by atoms with Crippen LogP contribution in [0, 0.1) is 6.92 Å². The van der Waals surface area contributed by atoms with Gasteiger partial charge in [0, 0.05) is 5.39 Å². The van der Waals surface area contributed by atoms with E-state index in [-0.39, 0.29) is 11.0 Å². The summed E-state index contributed by atoms with van der Waals surface area (Å²) in [6.45, 7) is 1.60. The molecule has 0 aliphatic heterocycles. The molecule has 0 saturated carbocycles. The number of ether oxygens (including phenoxy) is 1. The Labute approximate surface area is 89.6 Å². The molecule has 0 N–H and O–H groups in total. The minimum atomic E-state index is -4.39. The molecule has 0 aliphatic rings. The van der Waals surface area contributed by atoms with Gasteiger partial charge in [0.1, 0.15) is 5.76 Å². The first-order valence-electron chi connectivity index (χ1n) is 4.58. The van der Waals surface area contributed by atoms with Gasteiger partial charge in [0.05, 0.1) is 12.7 Å². The second-order valence-corrected chi connectivity index (χ2v) is 3.41. The summed E-state index contributed by atoms with van der Waals surface area (Å²) in [4.78, 5) is 0. The largest absolute Gasteiger partial charge is 0.493 e. The summed E-state index contributed by atoms with van der Waals surface area (Å²) in [7, 11) is 1.39. The highest BCUT2D eigenvalue weighted by molar-refractivity contribution is 5.87. The van der Waals surface area contributed by atoms with E-state index in [2.05, 4.69) is 0 Å². The van der Waals surface area contributed by atoms with Gasteiger partial charge in [-0.25, -0.2) is 0 Å². The Balaban J connectivity index is 2.79. The topological polar surface area (TPSA) is 22.4 Å². The Morgan fingerprint density at radius 2 is 1.94 bits per heavy atom. The second-order valence-electron chi connectivity index (χ2n) is 3.41. The van der Waals surface area contributed by atoms with Crippen LogP contribution in [-0.2, 0) is 6.18 Å². The third-order valence-corrected chi connectivity index (χ3v) is 2.30. The van der Waals surface area contributed by atoms with E-state index in [1.165, 1.54) is 19.2 Å².